The van der Waals surface area contributed by atoms with Gasteiger partial charge in [-0.25, -0.2) is 0 Å². The first-order valence-electron chi connectivity index (χ1n) is 5.97. The molecule has 1 aromatic heterocycles. The molecule has 2 aromatic rings. The van der Waals surface area contributed by atoms with Gasteiger partial charge in [-0.3, -0.25) is 4.98 Å². The van der Waals surface area contributed by atoms with E-state index in [0.29, 0.717) is 11.8 Å². The third kappa shape index (κ3) is 3.02. The van der Waals surface area contributed by atoms with Crippen LogP contribution in [0, 0.1) is 0 Å². The molecule has 0 radical (unpaired) electrons. The Bertz CT molecular complexity index is 525. The second-order valence-corrected chi connectivity index (χ2v) is 4.71. The van der Waals surface area contributed by atoms with Gasteiger partial charge in [0.05, 0.1) is 5.88 Å². The van der Waals surface area contributed by atoms with E-state index < -0.39 is 0 Å². The molecule has 0 atom stereocenters. The number of pyridine rings is 1. The Morgan fingerprint density at radius 3 is 2.83 bits per heavy atom. The first-order valence-corrected chi connectivity index (χ1v) is 6.51. The van der Waals surface area contributed by atoms with Gasteiger partial charge >= 0.3 is 0 Å². The lowest BCUT2D eigenvalue weighted by Crippen LogP contribution is -1.92. The van der Waals surface area contributed by atoms with Crippen molar-refractivity contribution in [3.05, 3.63) is 53.9 Å². The lowest BCUT2D eigenvalue weighted by Gasteiger charge is -2.11. The molecule has 0 aliphatic carbocycles. The molecular formula is C15H16ClNO. The van der Waals surface area contributed by atoms with E-state index in [0.717, 1.165) is 17.1 Å². The van der Waals surface area contributed by atoms with E-state index >= 15 is 0 Å². The van der Waals surface area contributed by atoms with Crippen LogP contribution in [-0.4, -0.2) is 4.98 Å². The maximum absolute atomic E-state index is 5.87. The number of ether oxygens (including phenoxy) is 1. The van der Waals surface area contributed by atoms with Gasteiger partial charge in [0, 0.05) is 18.0 Å². The van der Waals surface area contributed by atoms with Gasteiger partial charge in [-0.15, -0.1) is 11.6 Å². The molecule has 2 rings (SSSR count). The van der Waals surface area contributed by atoms with E-state index in [1.165, 1.54) is 5.56 Å². The molecule has 18 heavy (non-hydrogen) atoms. The number of alkyl halides is 1. The van der Waals surface area contributed by atoms with Gasteiger partial charge in [-0.2, -0.15) is 0 Å². The molecule has 0 amide bonds. The minimum absolute atomic E-state index is 0.396. The first kappa shape index (κ1) is 12.9. The molecule has 1 heterocycles. The van der Waals surface area contributed by atoms with Crippen LogP contribution in [0.15, 0.2) is 42.7 Å². The summed E-state index contributed by atoms with van der Waals surface area (Å²) in [4.78, 5) is 4.04. The molecule has 0 N–H and O–H groups in total. The number of rotatable bonds is 4. The number of halogens is 1. The van der Waals surface area contributed by atoms with E-state index in [1.807, 2.05) is 18.2 Å². The van der Waals surface area contributed by atoms with Crippen LogP contribution in [0.1, 0.15) is 30.9 Å². The topological polar surface area (TPSA) is 22.1 Å². The van der Waals surface area contributed by atoms with Crippen molar-refractivity contribution in [1.29, 1.82) is 0 Å². The highest BCUT2D eigenvalue weighted by Gasteiger charge is 2.05. The lowest BCUT2D eigenvalue weighted by atomic mass is 10.0. The van der Waals surface area contributed by atoms with Crippen molar-refractivity contribution < 1.29 is 4.74 Å². The van der Waals surface area contributed by atoms with Crippen molar-refractivity contribution in [1.82, 2.24) is 4.98 Å². The van der Waals surface area contributed by atoms with E-state index in [1.54, 1.807) is 12.4 Å². The Morgan fingerprint density at radius 2 is 2.11 bits per heavy atom. The summed E-state index contributed by atoms with van der Waals surface area (Å²) < 4.78 is 5.87. The summed E-state index contributed by atoms with van der Waals surface area (Å²) in [7, 11) is 0. The lowest BCUT2D eigenvalue weighted by molar-refractivity contribution is 0.476. The van der Waals surface area contributed by atoms with Crippen molar-refractivity contribution in [3.8, 4) is 11.5 Å². The molecule has 0 spiro atoms. The van der Waals surface area contributed by atoms with Crippen molar-refractivity contribution >= 4 is 11.6 Å². The van der Waals surface area contributed by atoms with Crippen molar-refractivity contribution in [2.24, 2.45) is 0 Å². The number of aromatic nitrogens is 1. The van der Waals surface area contributed by atoms with Gasteiger partial charge in [0.15, 0.2) is 0 Å². The standard InChI is InChI=1S/C15H16ClNO/c1-11(2)12-4-3-5-14(8-12)18-15-6-7-17-10-13(15)9-16/h3-8,10-11H,9H2,1-2H3. The third-order valence-electron chi connectivity index (χ3n) is 2.76. The highest BCUT2D eigenvalue weighted by atomic mass is 35.5. The minimum Gasteiger partial charge on any atom is -0.457 e. The molecule has 0 saturated carbocycles. The highest BCUT2D eigenvalue weighted by Crippen LogP contribution is 2.27. The van der Waals surface area contributed by atoms with E-state index in [2.05, 4.69) is 31.0 Å². The molecule has 0 fully saturated rings. The molecule has 0 saturated heterocycles. The van der Waals surface area contributed by atoms with Gasteiger partial charge in [0.25, 0.3) is 0 Å². The monoisotopic (exact) mass is 261 g/mol. The minimum atomic E-state index is 0.396. The average Bonchev–Trinajstić information content (AvgIpc) is 2.39. The van der Waals surface area contributed by atoms with Crippen LogP contribution in [-0.2, 0) is 5.88 Å². The summed E-state index contributed by atoms with van der Waals surface area (Å²) >= 11 is 5.86. The summed E-state index contributed by atoms with van der Waals surface area (Å²) in [6, 6.07) is 9.95. The molecule has 0 bridgehead atoms. The Hall–Kier alpha value is -1.54. The van der Waals surface area contributed by atoms with Gasteiger partial charge in [0.2, 0.25) is 0 Å². The van der Waals surface area contributed by atoms with Crippen LogP contribution in [0.4, 0.5) is 0 Å². The SMILES string of the molecule is CC(C)c1cccc(Oc2ccncc2CCl)c1. The Kier molecular flexibility index (Phi) is 4.21. The summed E-state index contributed by atoms with van der Waals surface area (Å²) in [5.41, 5.74) is 2.16. The van der Waals surface area contributed by atoms with Crippen LogP contribution < -0.4 is 4.74 Å². The molecule has 2 nitrogen and oxygen atoms in total. The second kappa shape index (κ2) is 5.87. The smallest absolute Gasteiger partial charge is 0.134 e. The van der Waals surface area contributed by atoms with Crippen LogP contribution in [0.5, 0.6) is 11.5 Å². The maximum atomic E-state index is 5.87. The Balaban J connectivity index is 2.25. The zero-order valence-electron chi connectivity index (χ0n) is 10.6. The Morgan fingerprint density at radius 1 is 1.28 bits per heavy atom. The molecule has 3 heteroatoms. The van der Waals surface area contributed by atoms with Crippen LogP contribution in [0.2, 0.25) is 0 Å². The predicted molar refractivity (Wildman–Crippen MR) is 74.4 cm³/mol. The fourth-order valence-electron chi connectivity index (χ4n) is 1.68. The molecule has 94 valence electrons. The molecule has 1 aromatic carbocycles. The maximum Gasteiger partial charge on any atom is 0.134 e. The van der Waals surface area contributed by atoms with Gasteiger partial charge < -0.3 is 4.74 Å². The van der Waals surface area contributed by atoms with Crippen LogP contribution in [0.25, 0.3) is 0 Å². The predicted octanol–water partition coefficient (Wildman–Crippen LogP) is 4.74. The van der Waals surface area contributed by atoms with Gasteiger partial charge in [0.1, 0.15) is 11.5 Å². The Labute approximate surface area is 113 Å². The van der Waals surface area contributed by atoms with Gasteiger partial charge in [-0.05, 0) is 29.7 Å². The molecular weight excluding hydrogens is 246 g/mol. The van der Waals surface area contributed by atoms with Crippen LogP contribution in [0.3, 0.4) is 0 Å². The summed E-state index contributed by atoms with van der Waals surface area (Å²) in [6.45, 7) is 4.32. The third-order valence-corrected chi connectivity index (χ3v) is 3.04. The largest absolute Gasteiger partial charge is 0.457 e. The number of hydrogen-bond acceptors (Lipinski definition) is 2. The fraction of sp³-hybridized carbons (Fsp3) is 0.267. The van der Waals surface area contributed by atoms with E-state index in [4.69, 9.17) is 16.3 Å². The zero-order valence-corrected chi connectivity index (χ0v) is 11.3. The van der Waals surface area contributed by atoms with E-state index in [9.17, 15) is 0 Å². The van der Waals surface area contributed by atoms with Crippen LogP contribution >= 0.6 is 11.6 Å². The average molecular weight is 262 g/mol. The van der Waals surface area contributed by atoms with Gasteiger partial charge in [-0.1, -0.05) is 26.0 Å². The fourth-order valence-corrected chi connectivity index (χ4v) is 1.88. The van der Waals surface area contributed by atoms with Crippen molar-refractivity contribution in [3.63, 3.8) is 0 Å². The molecule has 0 unspecified atom stereocenters. The summed E-state index contributed by atoms with van der Waals surface area (Å²) in [6.07, 6.45) is 3.44. The molecule has 0 aliphatic heterocycles. The number of benzene rings is 1. The number of hydrogen-bond donors (Lipinski definition) is 0. The quantitative estimate of drug-likeness (QED) is 0.742. The normalized spacial score (nSPS) is 10.7. The summed E-state index contributed by atoms with van der Waals surface area (Å²) in [5.74, 6) is 2.48. The van der Waals surface area contributed by atoms with Crippen molar-refractivity contribution in [2.45, 2.75) is 25.6 Å². The number of nitrogens with zero attached hydrogens (tertiary/aromatic N) is 1. The highest BCUT2D eigenvalue weighted by molar-refractivity contribution is 6.17. The zero-order chi connectivity index (χ0) is 13.0. The first-order chi connectivity index (χ1) is 8.70. The van der Waals surface area contributed by atoms with Crippen molar-refractivity contribution in [2.75, 3.05) is 0 Å². The van der Waals surface area contributed by atoms with E-state index in [-0.39, 0.29) is 0 Å². The summed E-state index contributed by atoms with van der Waals surface area (Å²) in [5, 5.41) is 0. The molecule has 0 aliphatic rings. The second-order valence-electron chi connectivity index (χ2n) is 4.45.